The Morgan fingerprint density at radius 3 is 1.73 bits per heavy atom. The Morgan fingerprint density at radius 1 is 0.867 bits per heavy atom. The Hall–Kier alpha value is -0.436. The van der Waals surface area contributed by atoms with Gasteiger partial charge >= 0.3 is 5.97 Å². The van der Waals surface area contributed by atoms with E-state index in [1.54, 1.807) is 6.08 Å². The molecule has 0 aromatic rings. The molecule has 0 heterocycles. The van der Waals surface area contributed by atoms with Crippen LogP contribution in [0.3, 0.4) is 0 Å². The maximum absolute atomic E-state index is 12.1. The summed E-state index contributed by atoms with van der Waals surface area (Å²) < 4.78 is 18.9. The van der Waals surface area contributed by atoms with E-state index >= 15 is 0 Å². The average Bonchev–Trinajstić information content (AvgIpc) is 2.71. The number of hydrogen-bond acceptors (Lipinski definition) is 4. The number of carbonyl (C=O) groups excluding carboxylic acids is 1. The van der Waals surface area contributed by atoms with Gasteiger partial charge in [0, 0.05) is 18.6 Å². The van der Waals surface area contributed by atoms with Gasteiger partial charge in [-0.3, -0.25) is 0 Å². The predicted octanol–water partition coefficient (Wildman–Crippen LogP) is 7.32. The molecule has 0 radical (unpaired) electrons. The van der Waals surface area contributed by atoms with Crippen molar-refractivity contribution in [2.24, 2.45) is 5.92 Å². The van der Waals surface area contributed by atoms with Crippen LogP contribution in [0.1, 0.15) is 75.7 Å². The Labute approximate surface area is 189 Å². The molecule has 0 amide bonds. The molecule has 0 bridgehead atoms. The van der Waals surface area contributed by atoms with Gasteiger partial charge in [0.1, 0.15) is 5.60 Å². The van der Waals surface area contributed by atoms with Crippen molar-refractivity contribution in [1.82, 2.24) is 0 Å². The first kappa shape index (κ1) is 29.6. The van der Waals surface area contributed by atoms with E-state index in [1.807, 2.05) is 26.8 Å². The van der Waals surface area contributed by atoms with E-state index in [4.69, 9.17) is 13.6 Å². The van der Waals surface area contributed by atoms with Gasteiger partial charge in [-0.15, -0.1) is 0 Å². The van der Waals surface area contributed by atoms with Gasteiger partial charge in [-0.1, -0.05) is 54.5 Å². The summed E-state index contributed by atoms with van der Waals surface area (Å²) in [5, 5.41) is 0. The van der Waals surface area contributed by atoms with Crippen LogP contribution in [-0.4, -0.2) is 40.9 Å². The van der Waals surface area contributed by atoms with Crippen LogP contribution in [0.2, 0.25) is 36.3 Å². The number of hydrogen-bond donors (Lipinski definition) is 0. The molecule has 0 saturated carbocycles. The Balaban J connectivity index is 5.34. The van der Waals surface area contributed by atoms with Crippen LogP contribution in [0.25, 0.3) is 0 Å². The highest BCUT2D eigenvalue weighted by Gasteiger charge is 2.35. The first-order valence-electron chi connectivity index (χ1n) is 12.2. The monoisotopic (exact) mass is 458 g/mol. The number of rotatable bonds is 15. The van der Waals surface area contributed by atoms with Gasteiger partial charge in [-0.05, 0) is 63.5 Å². The minimum atomic E-state index is -1.75. The highest BCUT2D eigenvalue weighted by molar-refractivity contribution is 6.74. The molecule has 0 rings (SSSR count). The quantitative estimate of drug-likeness (QED) is 0.146. The first-order chi connectivity index (χ1) is 14.0. The molecule has 0 saturated heterocycles. The molecule has 6 heteroatoms. The third-order valence-electron chi connectivity index (χ3n) is 6.58. The second kappa shape index (κ2) is 13.9. The lowest BCUT2D eigenvalue weighted by atomic mass is 10.0. The normalized spacial score (nSPS) is 15.4. The summed E-state index contributed by atoms with van der Waals surface area (Å²) >= 11 is 0. The van der Waals surface area contributed by atoms with Crippen molar-refractivity contribution in [1.29, 1.82) is 0 Å². The topological polar surface area (TPSA) is 44.8 Å². The van der Waals surface area contributed by atoms with Crippen LogP contribution in [0.15, 0.2) is 12.2 Å². The smallest absolute Gasteiger partial charge is 0.330 e. The second-order valence-corrected chi connectivity index (χ2v) is 19.1. The summed E-state index contributed by atoms with van der Waals surface area (Å²) in [6.07, 6.45) is 4.29. The zero-order valence-corrected chi connectivity index (χ0v) is 23.6. The predicted molar refractivity (Wildman–Crippen MR) is 134 cm³/mol. The van der Waals surface area contributed by atoms with Crippen molar-refractivity contribution in [3.63, 3.8) is 0 Å². The molecule has 0 aliphatic rings. The molecule has 0 spiro atoms. The fourth-order valence-electron chi connectivity index (χ4n) is 3.82. The molecule has 0 aliphatic heterocycles. The maximum atomic E-state index is 12.1. The second-order valence-electron chi connectivity index (χ2n) is 9.60. The maximum Gasteiger partial charge on any atom is 0.330 e. The van der Waals surface area contributed by atoms with Gasteiger partial charge in [-0.25, -0.2) is 4.79 Å². The van der Waals surface area contributed by atoms with Crippen LogP contribution < -0.4 is 0 Å². The van der Waals surface area contributed by atoms with Crippen LogP contribution in [0, 0.1) is 5.92 Å². The van der Waals surface area contributed by atoms with Crippen LogP contribution in [0.5, 0.6) is 0 Å². The van der Waals surface area contributed by atoms with Gasteiger partial charge < -0.3 is 13.6 Å². The van der Waals surface area contributed by atoms with Gasteiger partial charge in [0.2, 0.25) is 0 Å². The lowest BCUT2D eigenvalue weighted by Gasteiger charge is -2.37. The number of esters is 1. The Kier molecular flexibility index (Phi) is 13.7. The van der Waals surface area contributed by atoms with Gasteiger partial charge in [0.25, 0.3) is 0 Å². The molecule has 30 heavy (non-hydrogen) atoms. The zero-order chi connectivity index (χ0) is 23.4. The number of carbonyl (C=O) groups is 1. The molecule has 0 fully saturated rings. The molecular formula is C24H50O4Si2. The molecule has 0 aromatic carbocycles. The summed E-state index contributed by atoms with van der Waals surface area (Å²) in [6.45, 7) is 22.2. The van der Waals surface area contributed by atoms with Crippen LogP contribution in [0.4, 0.5) is 0 Å². The minimum Gasteiger partial charge on any atom is -0.457 e. The van der Waals surface area contributed by atoms with E-state index in [1.165, 1.54) is 0 Å². The van der Waals surface area contributed by atoms with Crippen molar-refractivity contribution in [3.8, 4) is 0 Å². The highest BCUT2D eigenvalue weighted by Crippen LogP contribution is 2.29. The third kappa shape index (κ3) is 10.2. The van der Waals surface area contributed by atoms with Crippen molar-refractivity contribution in [2.45, 2.75) is 124 Å². The van der Waals surface area contributed by atoms with Gasteiger partial charge in [0.15, 0.2) is 16.6 Å². The molecule has 2 atom stereocenters. The lowest BCUT2D eigenvalue weighted by Crippen LogP contribution is -2.44. The molecule has 4 nitrogen and oxygen atoms in total. The zero-order valence-electron chi connectivity index (χ0n) is 21.6. The van der Waals surface area contributed by atoms with E-state index in [2.05, 4.69) is 48.5 Å². The van der Waals surface area contributed by atoms with Crippen molar-refractivity contribution >= 4 is 22.6 Å². The van der Waals surface area contributed by atoms with E-state index in [-0.39, 0.29) is 12.1 Å². The van der Waals surface area contributed by atoms with E-state index in [0.29, 0.717) is 5.92 Å². The van der Waals surface area contributed by atoms with E-state index in [9.17, 15) is 4.79 Å². The third-order valence-corrected chi connectivity index (χ3v) is 15.9. The number of ether oxygens (including phenoxy) is 1. The fraction of sp³-hybridized carbons (Fsp3) is 0.875. The van der Waals surface area contributed by atoms with E-state index in [0.717, 1.165) is 49.3 Å². The summed E-state index contributed by atoms with van der Waals surface area (Å²) in [6, 6.07) is 6.85. The van der Waals surface area contributed by atoms with Crippen molar-refractivity contribution < 1.29 is 18.4 Å². The largest absolute Gasteiger partial charge is 0.457 e. The highest BCUT2D eigenvalue weighted by atomic mass is 28.4. The summed E-state index contributed by atoms with van der Waals surface area (Å²) in [4.78, 5) is 12.1. The Bertz CT molecular complexity index is 489. The SMILES string of the molecule is CC[Si](CC)(CC)OC[C@@H](C)[C@H](CC=CC(=O)OC(C)(C)C)O[Si](CC)(CC)CC. The molecule has 178 valence electrons. The Morgan fingerprint density at radius 2 is 1.33 bits per heavy atom. The standard InChI is InChI=1S/C24H50O4Si2/c1-11-29(12-2,13-3)26-20-21(7)22(28-30(14-4,15-5)16-6)18-17-19-23(25)27-24(8,9)10/h17,19,21-22H,11-16,18,20H2,1-10H3/t21-,22+/m1/s1. The summed E-state index contributed by atoms with van der Waals surface area (Å²) in [7, 11) is -3.37. The molecular weight excluding hydrogens is 408 g/mol. The van der Waals surface area contributed by atoms with E-state index < -0.39 is 22.2 Å². The fourth-order valence-corrected chi connectivity index (χ4v) is 9.52. The first-order valence-corrected chi connectivity index (χ1v) is 17.2. The van der Waals surface area contributed by atoms with Crippen molar-refractivity contribution in [2.75, 3.05) is 6.61 Å². The van der Waals surface area contributed by atoms with Crippen LogP contribution in [-0.2, 0) is 18.4 Å². The van der Waals surface area contributed by atoms with Gasteiger partial charge in [-0.2, -0.15) is 0 Å². The lowest BCUT2D eigenvalue weighted by molar-refractivity contribution is -0.148. The molecule has 0 N–H and O–H groups in total. The molecule has 0 unspecified atom stereocenters. The summed E-state index contributed by atoms with van der Waals surface area (Å²) in [5.41, 5.74) is -0.471. The van der Waals surface area contributed by atoms with Crippen molar-refractivity contribution in [3.05, 3.63) is 12.2 Å². The van der Waals surface area contributed by atoms with Gasteiger partial charge in [0.05, 0.1) is 6.10 Å². The summed E-state index contributed by atoms with van der Waals surface area (Å²) in [5.74, 6) is 0.00541. The average molecular weight is 459 g/mol. The molecule has 0 aliphatic carbocycles. The van der Waals surface area contributed by atoms with Crippen LogP contribution >= 0.6 is 0 Å². The molecule has 0 aromatic heterocycles. The minimum absolute atomic E-state index is 0.0764.